The summed E-state index contributed by atoms with van der Waals surface area (Å²) in [5, 5.41) is 10.3. The first kappa shape index (κ1) is 20.9. The first-order valence-electron chi connectivity index (χ1n) is 8.17. The average molecular weight is 355 g/mol. The van der Waals surface area contributed by atoms with Crippen molar-refractivity contribution in [3.63, 3.8) is 0 Å². The number of carbonyl (C=O) groups is 2. The van der Waals surface area contributed by atoms with E-state index < -0.39 is 24.0 Å². The zero-order valence-corrected chi connectivity index (χ0v) is 14.8. The number of phenols is 1. The molecule has 0 saturated heterocycles. The first-order valence-corrected chi connectivity index (χ1v) is 8.17. The molecule has 0 fully saturated rings. The highest BCUT2D eigenvalue weighted by Gasteiger charge is 2.30. The fourth-order valence-corrected chi connectivity index (χ4v) is 2.31. The Labute approximate surface area is 147 Å². The van der Waals surface area contributed by atoms with Gasteiger partial charge in [-0.3, -0.25) is 4.79 Å². The molecule has 0 aliphatic heterocycles. The summed E-state index contributed by atoms with van der Waals surface area (Å²) in [4.78, 5) is 29.2. The Balaban J connectivity index is 2.67. The Kier molecular flexibility index (Phi) is 8.30. The number of carbonyl (C=O) groups excluding carboxylic acids is 2. The standard InChI is InChI=1S/C17H26FN3O4/c1-4-5-6-15(16(23)20(2)18)21(3)25-17(24)14(19)11-12-7-9-13(22)10-8-12/h7-10,14-15,22H,4-6,11,19H2,1-3H3/t14-,15-/m0/s1. The van der Waals surface area contributed by atoms with Crippen LogP contribution in [0.15, 0.2) is 24.3 Å². The molecule has 140 valence electrons. The molecule has 0 radical (unpaired) electrons. The van der Waals surface area contributed by atoms with Crippen molar-refractivity contribution in [2.24, 2.45) is 5.73 Å². The van der Waals surface area contributed by atoms with Gasteiger partial charge in [0.25, 0.3) is 5.91 Å². The predicted molar refractivity (Wildman–Crippen MR) is 90.8 cm³/mol. The lowest BCUT2D eigenvalue weighted by atomic mass is 10.1. The maximum atomic E-state index is 13.2. The van der Waals surface area contributed by atoms with Crippen molar-refractivity contribution >= 4 is 11.9 Å². The van der Waals surface area contributed by atoms with Gasteiger partial charge >= 0.3 is 5.97 Å². The van der Waals surface area contributed by atoms with Crippen LogP contribution in [0.3, 0.4) is 0 Å². The van der Waals surface area contributed by atoms with Crippen LogP contribution in [-0.4, -0.2) is 53.3 Å². The van der Waals surface area contributed by atoms with Crippen LogP contribution in [0.2, 0.25) is 0 Å². The summed E-state index contributed by atoms with van der Waals surface area (Å²) in [6, 6.07) is 4.44. The molecule has 0 saturated carbocycles. The van der Waals surface area contributed by atoms with Crippen LogP contribution in [0.25, 0.3) is 0 Å². The van der Waals surface area contributed by atoms with Crippen LogP contribution in [0, 0.1) is 0 Å². The van der Waals surface area contributed by atoms with Crippen LogP contribution >= 0.6 is 0 Å². The SMILES string of the molecule is CCCC[C@@H](C(=O)N(C)F)N(C)OC(=O)[C@@H](N)Cc1ccc(O)cc1. The van der Waals surface area contributed by atoms with E-state index in [1.165, 1.54) is 19.2 Å². The molecule has 0 bridgehead atoms. The van der Waals surface area contributed by atoms with Crippen molar-refractivity contribution in [3.8, 4) is 5.75 Å². The van der Waals surface area contributed by atoms with E-state index in [9.17, 15) is 19.2 Å². The molecule has 0 aromatic heterocycles. The van der Waals surface area contributed by atoms with Gasteiger partial charge in [-0.05, 0) is 30.5 Å². The lowest BCUT2D eigenvalue weighted by Gasteiger charge is -2.27. The minimum Gasteiger partial charge on any atom is -0.508 e. The molecule has 2 atom stereocenters. The molecule has 25 heavy (non-hydrogen) atoms. The van der Waals surface area contributed by atoms with Gasteiger partial charge < -0.3 is 15.7 Å². The van der Waals surface area contributed by atoms with E-state index in [0.29, 0.717) is 12.8 Å². The molecule has 0 unspecified atom stereocenters. The van der Waals surface area contributed by atoms with Crippen LogP contribution in [0.5, 0.6) is 5.75 Å². The summed E-state index contributed by atoms with van der Waals surface area (Å²) in [5.74, 6) is -1.38. The van der Waals surface area contributed by atoms with E-state index in [2.05, 4.69) is 0 Å². The third kappa shape index (κ3) is 6.67. The predicted octanol–water partition coefficient (Wildman–Crippen LogP) is 1.55. The molecule has 1 aromatic rings. The molecule has 0 aliphatic rings. The minimum absolute atomic E-state index is 0.0129. The largest absolute Gasteiger partial charge is 0.508 e. The average Bonchev–Trinajstić information content (AvgIpc) is 2.56. The summed E-state index contributed by atoms with van der Waals surface area (Å²) in [7, 11) is 2.42. The third-order valence-electron chi connectivity index (χ3n) is 3.79. The second-order valence-corrected chi connectivity index (χ2v) is 5.91. The summed E-state index contributed by atoms with van der Waals surface area (Å²) >= 11 is 0. The number of benzene rings is 1. The molecule has 1 aromatic carbocycles. The Morgan fingerprint density at radius 3 is 2.40 bits per heavy atom. The second-order valence-electron chi connectivity index (χ2n) is 5.91. The van der Waals surface area contributed by atoms with E-state index in [4.69, 9.17) is 10.6 Å². The zero-order chi connectivity index (χ0) is 19.0. The molecular formula is C17H26FN3O4. The summed E-state index contributed by atoms with van der Waals surface area (Å²) in [5.41, 5.74) is 6.60. The second kappa shape index (κ2) is 9.95. The Hall–Kier alpha value is -2.19. The smallest absolute Gasteiger partial charge is 0.342 e. The van der Waals surface area contributed by atoms with Gasteiger partial charge in [0, 0.05) is 14.1 Å². The molecule has 0 spiro atoms. The summed E-state index contributed by atoms with van der Waals surface area (Å²) < 4.78 is 13.2. The lowest BCUT2D eigenvalue weighted by molar-refractivity contribution is -0.202. The summed E-state index contributed by atoms with van der Waals surface area (Å²) in [6.45, 7) is 1.94. The van der Waals surface area contributed by atoms with Gasteiger partial charge in [0.1, 0.15) is 17.8 Å². The highest BCUT2D eigenvalue weighted by Crippen LogP contribution is 2.14. The number of unbranched alkanes of at least 4 members (excludes halogenated alkanes) is 1. The number of phenolic OH excluding ortho intramolecular Hbond substituents is 1. The number of hydroxylamine groups is 2. The van der Waals surface area contributed by atoms with Crippen molar-refractivity contribution in [2.75, 3.05) is 14.1 Å². The quantitative estimate of drug-likeness (QED) is 0.515. The number of likely N-dealkylation sites (N-methyl/N-ethyl adjacent to an activating group) is 2. The number of hydrogen-bond donors (Lipinski definition) is 2. The molecule has 8 heteroatoms. The van der Waals surface area contributed by atoms with E-state index in [-0.39, 0.29) is 17.3 Å². The molecular weight excluding hydrogens is 329 g/mol. The van der Waals surface area contributed by atoms with Crippen LogP contribution in [0.1, 0.15) is 31.7 Å². The number of nitrogens with two attached hydrogens (primary N) is 1. The van der Waals surface area contributed by atoms with Crippen molar-refractivity contribution in [2.45, 2.75) is 44.7 Å². The molecule has 1 amide bonds. The van der Waals surface area contributed by atoms with E-state index in [0.717, 1.165) is 24.1 Å². The highest BCUT2D eigenvalue weighted by molar-refractivity contribution is 5.81. The van der Waals surface area contributed by atoms with E-state index in [1.807, 2.05) is 6.92 Å². The number of hydrogen-bond acceptors (Lipinski definition) is 6. The minimum atomic E-state index is -0.947. The summed E-state index contributed by atoms with van der Waals surface area (Å²) in [6.07, 6.45) is 2.08. The third-order valence-corrected chi connectivity index (χ3v) is 3.79. The first-order chi connectivity index (χ1) is 11.8. The number of aromatic hydroxyl groups is 1. The van der Waals surface area contributed by atoms with E-state index >= 15 is 0 Å². The molecule has 1 rings (SSSR count). The van der Waals surface area contributed by atoms with E-state index in [1.54, 1.807) is 12.1 Å². The fraction of sp³-hybridized carbons (Fsp3) is 0.529. The fourth-order valence-electron chi connectivity index (χ4n) is 2.31. The van der Waals surface area contributed by atoms with Gasteiger partial charge in [-0.1, -0.05) is 36.4 Å². The van der Waals surface area contributed by atoms with Crippen molar-refractivity contribution < 1.29 is 24.0 Å². The molecule has 3 N–H and O–H groups in total. The number of nitrogens with zero attached hydrogens (tertiary/aromatic N) is 2. The lowest BCUT2D eigenvalue weighted by Crippen LogP contribution is -2.47. The maximum Gasteiger partial charge on any atom is 0.342 e. The van der Waals surface area contributed by atoms with Gasteiger partial charge in [0.2, 0.25) is 0 Å². The Bertz CT molecular complexity index is 566. The Morgan fingerprint density at radius 1 is 1.28 bits per heavy atom. The topological polar surface area (TPSA) is 96.1 Å². The van der Waals surface area contributed by atoms with Gasteiger partial charge in [-0.2, -0.15) is 5.12 Å². The monoisotopic (exact) mass is 355 g/mol. The zero-order valence-electron chi connectivity index (χ0n) is 14.8. The number of halogens is 1. The molecule has 0 heterocycles. The van der Waals surface area contributed by atoms with Crippen LogP contribution in [-0.2, 0) is 20.8 Å². The number of amides is 1. The highest BCUT2D eigenvalue weighted by atomic mass is 19.2. The Morgan fingerprint density at radius 2 is 1.88 bits per heavy atom. The maximum absolute atomic E-state index is 13.2. The van der Waals surface area contributed by atoms with Crippen molar-refractivity contribution in [3.05, 3.63) is 29.8 Å². The van der Waals surface area contributed by atoms with Gasteiger partial charge in [-0.15, -0.1) is 5.06 Å². The number of rotatable bonds is 9. The van der Waals surface area contributed by atoms with Gasteiger partial charge in [-0.25, -0.2) is 4.79 Å². The normalized spacial score (nSPS) is 13.4. The van der Waals surface area contributed by atoms with Crippen LogP contribution < -0.4 is 5.73 Å². The van der Waals surface area contributed by atoms with Crippen molar-refractivity contribution in [1.82, 2.24) is 10.2 Å². The molecule has 7 nitrogen and oxygen atoms in total. The molecule has 0 aliphatic carbocycles. The van der Waals surface area contributed by atoms with Gasteiger partial charge in [0.05, 0.1) is 0 Å². The van der Waals surface area contributed by atoms with Gasteiger partial charge in [0.15, 0.2) is 0 Å². The van der Waals surface area contributed by atoms with Crippen LogP contribution in [0.4, 0.5) is 4.48 Å². The van der Waals surface area contributed by atoms with Crippen molar-refractivity contribution in [1.29, 1.82) is 0 Å².